The van der Waals surface area contributed by atoms with Crippen LogP contribution in [0.1, 0.15) is 34.7 Å². The van der Waals surface area contributed by atoms with Crippen molar-refractivity contribution in [2.45, 2.75) is 19.5 Å². The summed E-state index contributed by atoms with van der Waals surface area (Å²) in [4.78, 5) is 14.4. The van der Waals surface area contributed by atoms with Gasteiger partial charge in [0.2, 0.25) is 0 Å². The predicted octanol–water partition coefficient (Wildman–Crippen LogP) is 2.66. The number of hydrogen-bond acceptors (Lipinski definition) is 4. The highest BCUT2D eigenvalue weighted by atomic mass is 16.5. The average molecular weight is 288 g/mol. The van der Waals surface area contributed by atoms with Crippen LogP contribution in [0.5, 0.6) is 5.75 Å². The van der Waals surface area contributed by atoms with Crippen molar-refractivity contribution in [3.63, 3.8) is 0 Å². The van der Waals surface area contributed by atoms with E-state index in [0.29, 0.717) is 12.2 Å². The van der Waals surface area contributed by atoms with E-state index in [9.17, 15) is 4.79 Å². The Bertz CT molecular complexity index is 607. The number of esters is 1. The molecular formula is C16H20N2O3. The second kappa shape index (κ2) is 6.95. The third-order valence-corrected chi connectivity index (χ3v) is 3.36. The monoisotopic (exact) mass is 288 g/mol. The largest absolute Gasteiger partial charge is 0.496 e. The molecule has 1 heterocycles. The van der Waals surface area contributed by atoms with Crippen LogP contribution < -0.4 is 10.1 Å². The van der Waals surface area contributed by atoms with Crippen LogP contribution in [0, 0.1) is 0 Å². The predicted molar refractivity (Wildman–Crippen MR) is 80.4 cm³/mol. The van der Waals surface area contributed by atoms with E-state index in [4.69, 9.17) is 4.74 Å². The zero-order chi connectivity index (χ0) is 15.2. The lowest BCUT2D eigenvalue weighted by Gasteiger charge is -2.16. The zero-order valence-electron chi connectivity index (χ0n) is 12.5. The molecule has 1 aromatic heterocycles. The summed E-state index contributed by atoms with van der Waals surface area (Å²) in [6, 6.07) is 11.6. The van der Waals surface area contributed by atoms with E-state index in [1.54, 1.807) is 13.2 Å². The van der Waals surface area contributed by atoms with E-state index in [0.717, 1.165) is 17.0 Å². The van der Waals surface area contributed by atoms with Crippen molar-refractivity contribution in [2.24, 2.45) is 0 Å². The second-order valence-corrected chi connectivity index (χ2v) is 4.73. The fourth-order valence-electron chi connectivity index (χ4n) is 2.17. The van der Waals surface area contributed by atoms with Gasteiger partial charge in [-0.2, -0.15) is 0 Å². The number of aromatic nitrogens is 1. The molecule has 5 nitrogen and oxygen atoms in total. The molecule has 21 heavy (non-hydrogen) atoms. The Hall–Kier alpha value is -2.27. The van der Waals surface area contributed by atoms with Crippen molar-refractivity contribution >= 4 is 5.97 Å². The Labute approximate surface area is 124 Å². The van der Waals surface area contributed by atoms with Crippen LogP contribution in [0.25, 0.3) is 0 Å². The fourth-order valence-corrected chi connectivity index (χ4v) is 2.17. The van der Waals surface area contributed by atoms with Gasteiger partial charge in [-0.1, -0.05) is 18.2 Å². The van der Waals surface area contributed by atoms with Crippen LogP contribution in [-0.4, -0.2) is 25.2 Å². The molecule has 0 bridgehead atoms. The number of H-pyrrole nitrogens is 1. The first-order valence-electron chi connectivity index (χ1n) is 6.78. The number of ether oxygens (including phenoxy) is 2. The van der Waals surface area contributed by atoms with Crippen molar-refractivity contribution in [2.75, 3.05) is 14.2 Å². The van der Waals surface area contributed by atoms with Gasteiger partial charge in [0.05, 0.1) is 14.2 Å². The molecule has 5 heteroatoms. The number of nitrogens with one attached hydrogen (secondary N) is 2. The number of rotatable bonds is 6. The van der Waals surface area contributed by atoms with Crippen molar-refractivity contribution in [1.82, 2.24) is 10.3 Å². The Balaban J connectivity index is 1.99. The van der Waals surface area contributed by atoms with E-state index >= 15 is 0 Å². The van der Waals surface area contributed by atoms with Crippen LogP contribution in [0.3, 0.4) is 0 Å². The summed E-state index contributed by atoms with van der Waals surface area (Å²) in [7, 11) is 3.03. The van der Waals surface area contributed by atoms with Gasteiger partial charge in [0.25, 0.3) is 0 Å². The minimum atomic E-state index is -0.362. The highest BCUT2D eigenvalue weighted by Gasteiger charge is 2.12. The van der Waals surface area contributed by atoms with Crippen molar-refractivity contribution < 1.29 is 14.3 Å². The molecule has 0 aliphatic heterocycles. The third-order valence-electron chi connectivity index (χ3n) is 3.36. The summed E-state index contributed by atoms with van der Waals surface area (Å²) in [5.74, 6) is 0.498. The Kier molecular flexibility index (Phi) is 5.00. The zero-order valence-corrected chi connectivity index (χ0v) is 12.5. The number of para-hydroxylation sites is 1. The van der Waals surface area contributed by atoms with Crippen LogP contribution in [-0.2, 0) is 11.3 Å². The minimum absolute atomic E-state index is 0.131. The van der Waals surface area contributed by atoms with Crippen LogP contribution in [0.2, 0.25) is 0 Å². The van der Waals surface area contributed by atoms with Gasteiger partial charge in [0.1, 0.15) is 11.4 Å². The lowest BCUT2D eigenvalue weighted by atomic mass is 10.1. The first kappa shape index (κ1) is 15.1. The normalized spacial score (nSPS) is 12.0. The maximum atomic E-state index is 11.4. The van der Waals surface area contributed by atoms with E-state index in [1.807, 2.05) is 30.3 Å². The summed E-state index contributed by atoms with van der Waals surface area (Å²) >= 11 is 0. The van der Waals surface area contributed by atoms with Crippen molar-refractivity contribution in [1.29, 1.82) is 0 Å². The SMILES string of the molecule is COC(=O)c1ccc(CN[C@@H](C)c2ccccc2OC)[nH]1. The number of carbonyl (C=O) groups is 1. The summed E-state index contributed by atoms with van der Waals surface area (Å²) in [5, 5.41) is 3.40. The van der Waals surface area contributed by atoms with Gasteiger partial charge in [-0.15, -0.1) is 0 Å². The second-order valence-electron chi connectivity index (χ2n) is 4.73. The molecule has 0 unspecified atom stereocenters. The number of carbonyl (C=O) groups excluding carboxylic acids is 1. The highest BCUT2D eigenvalue weighted by Crippen LogP contribution is 2.24. The molecular weight excluding hydrogens is 268 g/mol. The Morgan fingerprint density at radius 3 is 2.71 bits per heavy atom. The molecule has 0 saturated carbocycles. The maximum absolute atomic E-state index is 11.4. The Morgan fingerprint density at radius 2 is 2.00 bits per heavy atom. The molecule has 0 fully saturated rings. The molecule has 0 aliphatic carbocycles. The van der Waals surface area contributed by atoms with Crippen LogP contribution in [0.15, 0.2) is 36.4 Å². The third kappa shape index (κ3) is 3.64. The van der Waals surface area contributed by atoms with Gasteiger partial charge < -0.3 is 19.8 Å². The van der Waals surface area contributed by atoms with E-state index in [-0.39, 0.29) is 12.0 Å². The van der Waals surface area contributed by atoms with Crippen molar-refractivity contribution in [3.05, 3.63) is 53.3 Å². The molecule has 1 atom stereocenters. The molecule has 0 spiro atoms. The first-order chi connectivity index (χ1) is 10.2. The number of aromatic amines is 1. The van der Waals surface area contributed by atoms with Gasteiger partial charge in [-0.05, 0) is 25.1 Å². The summed E-state index contributed by atoms with van der Waals surface area (Å²) < 4.78 is 10.0. The molecule has 0 radical (unpaired) electrons. The highest BCUT2D eigenvalue weighted by molar-refractivity contribution is 5.87. The molecule has 0 saturated heterocycles. The lowest BCUT2D eigenvalue weighted by molar-refractivity contribution is 0.0594. The molecule has 0 amide bonds. The first-order valence-corrected chi connectivity index (χ1v) is 6.78. The summed E-state index contributed by atoms with van der Waals surface area (Å²) in [6.07, 6.45) is 0. The fraction of sp³-hybridized carbons (Fsp3) is 0.312. The average Bonchev–Trinajstić information content (AvgIpc) is 3.00. The van der Waals surface area contributed by atoms with E-state index in [1.165, 1.54) is 7.11 Å². The number of methoxy groups -OCH3 is 2. The lowest BCUT2D eigenvalue weighted by Crippen LogP contribution is -2.19. The molecule has 2 N–H and O–H groups in total. The van der Waals surface area contributed by atoms with E-state index in [2.05, 4.69) is 22.0 Å². The maximum Gasteiger partial charge on any atom is 0.354 e. The van der Waals surface area contributed by atoms with Gasteiger partial charge in [0, 0.05) is 23.8 Å². The van der Waals surface area contributed by atoms with Gasteiger partial charge in [-0.3, -0.25) is 0 Å². The van der Waals surface area contributed by atoms with E-state index < -0.39 is 0 Å². The van der Waals surface area contributed by atoms with Crippen LogP contribution in [0.4, 0.5) is 0 Å². The molecule has 112 valence electrons. The quantitative estimate of drug-likeness (QED) is 0.802. The molecule has 1 aromatic carbocycles. The Morgan fingerprint density at radius 1 is 1.24 bits per heavy atom. The van der Waals surface area contributed by atoms with Crippen molar-refractivity contribution in [3.8, 4) is 5.75 Å². The minimum Gasteiger partial charge on any atom is -0.496 e. The van der Waals surface area contributed by atoms with Crippen LogP contribution >= 0.6 is 0 Å². The standard InChI is InChI=1S/C16H20N2O3/c1-11(13-6-4-5-7-15(13)20-2)17-10-12-8-9-14(18-12)16(19)21-3/h4-9,11,17-18H,10H2,1-3H3/t11-/m0/s1. The number of benzene rings is 1. The smallest absolute Gasteiger partial charge is 0.354 e. The summed E-state index contributed by atoms with van der Waals surface area (Å²) in [5.41, 5.74) is 2.48. The molecule has 2 rings (SSSR count). The number of hydrogen-bond donors (Lipinski definition) is 2. The summed E-state index contributed by atoms with van der Waals surface area (Å²) in [6.45, 7) is 2.69. The van der Waals surface area contributed by atoms with Gasteiger partial charge in [0.15, 0.2) is 0 Å². The molecule has 2 aromatic rings. The molecule has 0 aliphatic rings. The topological polar surface area (TPSA) is 63.4 Å². The van der Waals surface area contributed by atoms with Gasteiger partial charge in [-0.25, -0.2) is 4.79 Å². The van der Waals surface area contributed by atoms with Gasteiger partial charge >= 0.3 is 5.97 Å².